The van der Waals surface area contributed by atoms with Gasteiger partial charge in [-0.25, -0.2) is 9.78 Å². The van der Waals surface area contributed by atoms with Gasteiger partial charge < -0.3 is 15.5 Å². The first-order valence-electron chi connectivity index (χ1n) is 9.28. The van der Waals surface area contributed by atoms with Crippen molar-refractivity contribution in [3.63, 3.8) is 0 Å². The Kier molecular flexibility index (Phi) is 6.08. The lowest BCUT2D eigenvalue weighted by Crippen LogP contribution is -2.32. The molecule has 0 bridgehead atoms. The monoisotopic (exact) mass is 408 g/mol. The summed E-state index contributed by atoms with van der Waals surface area (Å²) in [6, 6.07) is 7.84. The summed E-state index contributed by atoms with van der Waals surface area (Å²) in [5.74, 6) is 0. The first kappa shape index (κ1) is 20.7. The summed E-state index contributed by atoms with van der Waals surface area (Å²) in [4.78, 5) is 21.0. The summed E-state index contributed by atoms with van der Waals surface area (Å²) in [6.07, 6.45) is 4.44. The van der Waals surface area contributed by atoms with E-state index in [0.717, 1.165) is 38.3 Å². The Labute approximate surface area is 174 Å². The Balaban J connectivity index is 1.87. The van der Waals surface area contributed by atoms with Gasteiger partial charge in [0.25, 0.3) is 0 Å². The first-order valence-corrected chi connectivity index (χ1v) is 10.2. The van der Waals surface area contributed by atoms with Crippen LogP contribution in [0.15, 0.2) is 41.9 Å². The van der Waals surface area contributed by atoms with E-state index in [0.29, 0.717) is 0 Å². The third-order valence-electron chi connectivity index (χ3n) is 4.12. The number of amides is 1. The average Bonchev–Trinajstić information content (AvgIpc) is 3.10. The van der Waals surface area contributed by atoms with Crippen LogP contribution in [0.3, 0.4) is 0 Å². The normalized spacial score (nSPS) is 12.1. The van der Waals surface area contributed by atoms with Crippen molar-refractivity contribution in [3.8, 4) is 11.1 Å². The highest BCUT2D eigenvalue weighted by Gasteiger charge is 2.16. The van der Waals surface area contributed by atoms with Gasteiger partial charge in [-0.15, -0.1) is 11.3 Å². The zero-order valence-electron chi connectivity index (χ0n) is 16.9. The van der Waals surface area contributed by atoms with Gasteiger partial charge in [0, 0.05) is 28.9 Å². The Morgan fingerprint density at radius 2 is 2.10 bits per heavy atom. The number of allylic oxidation sites excluding steroid dienone is 2. The second-order valence-electron chi connectivity index (χ2n) is 7.47. The van der Waals surface area contributed by atoms with E-state index in [2.05, 4.69) is 15.7 Å². The fraction of sp³-hybridized carbons (Fsp3) is 0.273. The number of pyridine rings is 2. The zero-order valence-corrected chi connectivity index (χ0v) is 17.8. The van der Waals surface area contributed by atoms with E-state index >= 15 is 0 Å². The maximum Gasteiger partial charge on any atom is 0.407 e. The van der Waals surface area contributed by atoms with Crippen molar-refractivity contribution in [1.82, 2.24) is 15.3 Å². The largest absolute Gasteiger partial charge is 0.444 e. The molecule has 2 N–H and O–H groups in total. The lowest BCUT2D eigenvalue weighted by Gasteiger charge is -2.19. The summed E-state index contributed by atoms with van der Waals surface area (Å²) in [7, 11) is 0. The van der Waals surface area contributed by atoms with Crippen LogP contribution in [-0.4, -0.2) is 27.9 Å². The highest BCUT2D eigenvalue weighted by atomic mass is 32.1. The summed E-state index contributed by atoms with van der Waals surface area (Å²) in [5.41, 5.74) is 4.63. The van der Waals surface area contributed by atoms with Gasteiger partial charge in [0.1, 0.15) is 5.60 Å². The molecule has 7 heteroatoms. The lowest BCUT2D eigenvalue weighted by atomic mass is 10.1. The third kappa shape index (κ3) is 5.06. The number of nitrogens with zero attached hydrogens (tertiary/aromatic N) is 2. The van der Waals surface area contributed by atoms with Gasteiger partial charge in [-0.3, -0.25) is 4.98 Å². The zero-order chi connectivity index (χ0) is 21.0. The minimum Gasteiger partial charge on any atom is -0.444 e. The molecular weight excluding hydrogens is 384 g/mol. The molecule has 0 spiro atoms. The van der Waals surface area contributed by atoms with Crippen LogP contribution < -0.4 is 5.32 Å². The maximum atomic E-state index is 11.9. The number of hydrogen-bond donors (Lipinski definition) is 2. The summed E-state index contributed by atoms with van der Waals surface area (Å²) in [5, 5.41) is 12.4. The number of ether oxygens (including phenoxy) is 1. The molecule has 3 aromatic rings. The van der Waals surface area contributed by atoms with Crippen molar-refractivity contribution in [2.24, 2.45) is 0 Å². The van der Waals surface area contributed by atoms with Gasteiger partial charge in [-0.05, 0) is 57.5 Å². The fourth-order valence-electron chi connectivity index (χ4n) is 2.80. The number of rotatable bonds is 5. The van der Waals surface area contributed by atoms with Crippen molar-refractivity contribution in [1.29, 1.82) is 5.41 Å². The minimum absolute atomic E-state index is 0.278. The van der Waals surface area contributed by atoms with Gasteiger partial charge in [0.05, 0.1) is 28.1 Å². The van der Waals surface area contributed by atoms with Crippen LogP contribution in [0.1, 0.15) is 39.1 Å². The molecule has 3 aromatic heterocycles. The van der Waals surface area contributed by atoms with E-state index in [4.69, 9.17) is 15.1 Å². The molecule has 3 rings (SSSR count). The van der Waals surface area contributed by atoms with Gasteiger partial charge >= 0.3 is 6.09 Å². The maximum absolute atomic E-state index is 11.9. The standard InChI is InChI=1S/C22H24N4O2S/c1-5-14(11-23)18-6-7-19-20(26-18)17(13-29-19)15-8-9-24-16(10-15)12-25-21(27)28-22(2,3)4/h5-11,13,23H,12H2,1-4H3,(H,25,27)/b14-5+,23-11?. The molecule has 0 aliphatic carbocycles. The van der Waals surface area contributed by atoms with Crippen LogP contribution in [0, 0.1) is 5.41 Å². The lowest BCUT2D eigenvalue weighted by molar-refractivity contribution is 0.0523. The molecule has 0 saturated heterocycles. The molecule has 1 amide bonds. The molecule has 0 fully saturated rings. The van der Waals surface area contributed by atoms with E-state index < -0.39 is 11.7 Å². The molecule has 0 aliphatic heterocycles. The first-order chi connectivity index (χ1) is 13.8. The number of hydrogen-bond acceptors (Lipinski definition) is 6. The van der Waals surface area contributed by atoms with Crippen LogP contribution in [0.2, 0.25) is 0 Å². The number of carbonyl (C=O) groups is 1. The van der Waals surface area contributed by atoms with Crippen molar-refractivity contribution < 1.29 is 9.53 Å². The Morgan fingerprint density at radius 1 is 1.31 bits per heavy atom. The van der Waals surface area contributed by atoms with E-state index in [1.807, 2.05) is 58.0 Å². The predicted molar refractivity (Wildman–Crippen MR) is 118 cm³/mol. The molecule has 0 unspecified atom stereocenters. The quantitative estimate of drug-likeness (QED) is 0.551. The number of thiophene rings is 1. The van der Waals surface area contributed by atoms with Crippen molar-refractivity contribution >= 4 is 39.4 Å². The molecular formula is C22H24N4O2S. The van der Waals surface area contributed by atoms with Crippen LogP contribution in [0.25, 0.3) is 26.9 Å². The van der Waals surface area contributed by atoms with Crippen LogP contribution >= 0.6 is 11.3 Å². The van der Waals surface area contributed by atoms with E-state index in [-0.39, 0.29) is 6.54 Å². The van der Waals surface area contributed by atoms with Gasteiger partial charge in [0.2, 0.25) is 0 Å². The molecule has 0 aliphatic rings. The molecule has 150 valence electrons. The van der Waals surface area contributed by atoms with Crippen LogP contribution in [-0.2, 0) is 11.3 Å². The number of fused-ring (bicyclic) bond motifs is 1. The number of carbonyl (C=O) groups excluding carboxylic acids is 1. The van der Waals surface area contributed by atoms with E-state index in [1.54, 1.807) is 17.5 Å². The summed E-state index contributed by atoms with van der Waals surface area (Å²) in [6.45, 7) is 7.65. The topological polar surface area (TPSA) is 88.0 Å². The second kappa shape index (κ2) is 8.53. The third-order valence-corrected chi connectivity index (χ3v) is 5.06. The van der Waals surface area contributed by atoms with Gasteiger partial charge in [-0.1, -0.05) is 6.08 Å². The Morgan fingerprint density at radius 3 is 2.79 bits per heavy atom. The van der Waals surface area contributed by atoms with Crippen molar-refractivity contribution in [3.05, 3.63) is 53.3 Å². The van der Waals surface area contributed by atoms with Gasteiger partial charge in [0.15, 0.2) is 0 Å². The number of aromatic nitrogens is 2. The molecule has 3 heterocycles. The molecule has 0 atom stereocenters. The molecule has 0 radical (unpaired) electrons. The molecule has 0 saturated carbocycles. The Hall–Kier alpha value is -3.06. The average molecular weight is 409 g/mol. The SMILES string of the molecule is C/C=C(\C=N)c1ccc2scc(-c3ccnc(CNC(=O)OC(C)(C)C)c3)c2n1. The second-order valence-corrected chi connectivity index (χ2v) is 8.38. The minimum atomic E-state index is -0.541. The van der Waals surface area contributed by atoms with Gasteiger partial charge in [-0.2, -0.15) is 0 Å². The van der Waals surface area contributed by atoms with E-state index in [1.165, 1.54) is 6.21 Å². The van der Waals surface area contributed by atoms with Crippen LogP contribution in [0.4, 0.5) is 4.79 Å². The number of nitrogens with one attached hydrogen (secondary N) is 2. The Bertz CT molecular complexity index is 1080. The fourth-order valence-corrected chi connectivity index (χ4v) is 3.71. The number of alkyl carbamates (subject to hydrolysis) is 1. The van der Waals surface area contributed by atoms with E-state index in [9.17, 15) is 4.79 Å². The molecule has 6 nitrogen and oxygen atoms in total. The molecule has 0 aromatic carbocycles. The van der Waals surface area contributed by atoms with Crippen LogP contribution in [0.5, 0.6) is 0 Å². The highest BCUT2D eigenvalue weighted by molar-refractivity contribution is 7.17. The van der Waals surface area contributed by atoms with Crippen molar-refractivity contribution in [2.45, 2.75) is 39.8 Å². The summed E-state index contributed by atoms with van der Waals surface area (Å²) >= 11 is 1.63. The highest BCUT2D eigenvalue weighted by Crippen LogP contribution is 2.33. The van der Waals surface area contributed by atoms with Crippen molar-refractivity contribution in [2.75, 3.05) is 0 Å². The summed E-state index contributed by atoms with van der Waals surface area (Å²) < 4.78 is 6.34. The molecule has 29 heavy (non-hydrogen) atoms. The smallest absolute Gasteiger partial charge is 0.407 e. The predicted octanol–water partition coefficient (Wildman–Crippen LogP) is 5.44.